The highest BCUT2D eigenvalue weighted by Crippen LogP contribution is 2.41. The second kappa shape index (κ2) is 5.35. The first-order chi connectivity index (χ1) is 8.47. The van der Waals surface area contributed by atoms with Gasteiger partial charge >= 0.3 is 0 Å². The number of hydrogen-bond donors (Lipinski definition) is 1. The lowest BCUT2D eigenvalue weighted by Gasteiger charge is -2.40. The second-order valence-corrected chi connectivity index (χ2v) is 6.57. The fraction of sp³-hybridized carbons (Fsp3) is 0.733. The van der Waals surface area contributed by atoms with Crippen molar-refractivity contribution in [3.8, 4) is 0 Å². The molecule has 1 aromatic heterocycles. The van der Waals surface area contributed by atoms with Gasteiger partial charge in [0.15, 0.2) is 0 Å². The van der Waals surface area contributed by atoms with E-state index >= 15 is 0 Å². The quantitative estimate of drug-likeness (QED) is 0.875. The lowest BCUT2D eigenvalue weighted by Crippen LogP contribution is -2.35. The summed E-state index contributed by atoms with van der Waals surface area (Å²) in [5.41, 5.74) is 0.329. The Morgan fingerprint density at radius 1 is 1.22 bits per heavy atom. The highest BCUT2D eigenvalue weighted by molar-refractivity contribution is 4.94. The van der Waals surface area contributed by atoms with E-state index in [-0.39, 0.29) is 6.10 Å². The molecular weight excluding hydrogens is 224 g/mol. The van der Waals surface area contributed by atoms with Gasteiger partial charge in [-0.05, 0) is 42.6 Å². The minimum absolute atomic E-state index is 0.188. The summed E-state index contributed by atoms with van der Waals surface area (Å²) in [4.78, 5) is 8.54. The predicted molar refractivity (Wildman–Crippen MR) is 72.0 cm³/mol. The summed E-state index contributed by atoms with van der Waals surface area (Å²) in [6, 6.07) is 1.83. The molecule has 1 aliphatic rings. The molecule has 100 valence electrons. The molecule has 1 N–H and O–H groups in total. The van der Waals surface area contributed by atoms with Gasteiger partial charge in [0.1, 0.15) is 5.82 Å². The van der Waals surface area contributed by atoms with Crippen LogP contribution < -0.4 is 0 Å². The van der Waals surface area contributed by atoms with Crippen LogP contribution in [0.5, 0.6) is 0 Å². The number of hydrogen-bond acceptors (Lipinski definition) is 3. The zero-order valence-electron chi connectivity index (χ0n) is 11.6. The number of aliphatic hydroxyl groups is 1. The van der Waals surface area contributed by atoms with Gasteiger partial charge in [-0.25, -0.2) is 9.97 Å². The molecule has 2 rings (SSSR count). The van der Waals surface area contributed by atoms with Crippen molar-refractivity contribution in [1.29, 1.82) is 0 Å². The third kappa shape index (κ3) is 3.29. The van der Waals surface area contributed by atoms with Crippen LogP contribution in [0.1, 0.15) is 45.9 Å². The van der Waals surface area contributed by atoms with Crippen molar-refractivity contribution < 1.29 is 5.11 Å². The number of nitrogens with zero attached hydrogens (tertiary/aromatic N) is 2. The minimum atomic E-state index is -0.188. The summed E-state index contributed by atoms with van der Waals surface area (Å²) in [5, 5.41) is 10.2. The zero-order chi connectivity index (χ0) is 13.2. The van der Waals surface area contributed by atoms with Crippen LogP contribution in [0.15, 0.2) is 18.5 Å². The van der Waals surface area contributed by atoms with Gasteiger partial charge in [0.25, 0.3) is 0 Å². The molecule has 1 aromatic rings. The Bertz CT molecular complexity index is 372. The summed E-state index contributed by atoms with van der Waals surface area (Å²) in [7, 11) is 0. The van der Waals surface area contributed by atoms with Gasteiger partial charge in [-0.2, -0.15) is 0 Å². The maximum atomic E-state index is 10.2. The van der Waals surface area contributed by atoms with Crippen molar-refractivity contribution in [2.45, 2.75) is 52.6 Å². The lowest BCUT2D eigenvalue weighted by atomic mass is 9.67. The van der Waals surface area contributed by atoms with Crippen LogP contribution in [0.25, 0.3) is 0 Å². The SMILES string of the molecule is CC(C)(C)C1CCC(O)C(Cc2ncccn2)C1. The standard InChI is InChI=1S/C15H24N2O/c1-15(2,3)12-5-6-13(18)11(9-12)10-14-16-7-4-8-17-14/h4,7-8,11-13,18H,5-6,9-10H2,1-3H3. The molecule has 3 heteroatoms. The molecule has 0 aromatic carbocycles. The van der Waals surface area contributed by atoms with E-state index in [1.807, 2.05) is 6.07 Å². The molecule has 0 radical (unpaired) electrons. The zero-order valence-corrected chi connectivity index (χ0v) is 11.6. The Labute approximate surface area is 110 Å². The first-order valence-corrected chi connectivity index (χ1v) is 6.91. The summed E-state index contributed by atoms with van der Waals surface area (Å²) in [6.07, 6.45) is 7.30. The van der Waals surface area contributed by atoms with Gasteiger partial charge in [-0.1, -0.05) is 20.8 Å². The van der Waals surface area contributed by atoms with E-state index in [2.05, 4.69) is 30.7 Å². The van der Waals surface area contributed by atoms with Crippen molar-refractivity contribution in [2.75, 3.05) is 0 Å². The van der Waals surface area contributed by atoms with Crippen LogP contribution in [0.4, 0.5) is 0 Å². The average Bonchev–Trinajstić information content (AvgIpc) is 2.32. The maximum absolute atomic E-state index is 10.2. The van der Waals surface area contributed by atoms with Crippen LogP contribution in [-0.2, 0) is 6.42 Å². The van der Waals surface area contributed by atoms with Crippen molar-refractivity contribution >= 4 is 0 Å². The molecule has 1 saturated carbocycles. The third-order valence-corrected chi connectivity index (χ3v) is 4.23. The first kappa shape index (κ1) is 13.5. The van der Waals surface area contributed by atoms with Gasteiger partial charge in [0, 0.05) is 18.8 Å². The van der Waals surface area contributed by atoms with E-state index < -0.39 is 0 Å². The summed E-state index contributed by atoms with van der Waals surface area (Å²) < 4.78 is 0. The maximum Gasteiger partial charge on any atom is 0.128 e. The van der Waals surface area contributed by atoms with E-state index in [9.17, 15) is 5.11 Å². The lowest BCUT2D eigenvalue weighted by molar-refractivity contribution is 0.0188. The molecule has 0 saturated heterocycles. The van der Waals surface area contributed by atoms with Crippen LogP contribution >= 0.6 is 0 Å². The predicted octanol–water partition coefficient (Wildman–Crippen LogP) is 2.84. The van der Waals surface area contributed by atoms with Gasteiger partial charge in [-0.3, -0.25) is 0 Å². The molecule has 1 heterocycles. The number of rotatable bonds is 2. The molecule has 0 aliphatic heterocycles. The fourth-order valence-corrected chi connectivity index (χ4v) is 2.92. The summed E-state index contributed by atoms with van der Waals surface area (Å²) in [5.74, 6) is 1.86. The highest BCUT2D eigenvalue weighted by Gasteiger charge is 2.35. The molecule has 0 amide bonds. The van der Waals surface area contributed by atoms with Crippen molar-refractivity contribution in [3.63, 3.8) is 0 Å². The van der Waals surface area contributed by atoms with Gasteiger partial charge in [0.05, 0.1) is 6.10 Å². The summed E-state index contributed by atoms with van der Waals surface area (Å²) in [6.45, 7) is 6.89. The van der Waals surface area contributed by atoms with Gasteiger partial charge in [-0.15, -0.1) is 0 Å². The second-order valence-electron chi connectivity index (χ2n) is 6.57. The Morgan fingerprint density at radius 3 is 2.50 bits per heavy atom. The van der Waals surface area contributed by atoms with E-state index in [0.29, 0.717) is 17.3 Å². The summed E-state index contributed by atoms with van der Waals surface area (Å²) >= 11 is 0. The molecule has 1 aliphatic carbocycles. The van der Waals surface area contributed by atoms with E-state index in [1.165, 1.54) is 0 Å². The number of aliphatic hydroxyl groups excluding tert-OH is 1. The van der Waals surface area contributed by atoms with Crippen LogP contribution in [-0.4, -0.2) is 21.2 Å². The van der Waals surface area contributed by atoms with Crippen molar-refractivity contribution in [3.05, 3.63) is 24.3 Å². The fourth-order valence-electron chi connectivity index (χ4n) is 2.92. The topological polar surface area (TPSA) is 46.0 Å². The van der Waals surface area contributed by atoms with E-state index in [0.717, 1.165) is 31.5 Å². The highest BCUT2D eigenvalue weighted by atomic mass is 16.3. The largest absolute Gasteiger partial charge is 0.393 e. The van der Waals surface area contributed by atoms with Crippen LogP contribution in [0.3, 0.4) is 0 Å². The number of aromatic nitrogens is 2. The van der Waals surface area contributed by atoms with Crippen LogP contribution in [0.2, 0.25) is 0 Å². The Hall–Kier alpha value is -0.960. The molecule has 18 heavy (non-hydrogen) atoms. The smallest absolute Gasteiger partial charge is 0.128 e. The Kier molecular flexibility index (Phi) is 4.00. The van der Waals surface area contributed by atoms with E-state index in [4.69, 9.17) is 0 Å². The molecule has 1 fully saturated rings. The monoisotopic (exact) mass is 248 g/mol. The van der Waals surface area contributed by atoms with Crippen LogP contribution in [0, 0.1) is 17.3 Å². The average molecular weight is 248 g/mol. The molecule has 0 spiro atoms. The molecular formula is C15H24N2O. The van der Waals surface area contributed by atoms with Crippen molar-refractivity contribution in [2.24, 2.45) is 17.3 Å². The van der Waals surface area contributed by atoms with Crippen molar-refractivity contribution in [1.82, 2.24) is 9.97 Å². The Balaban J connectivity index is 2.02. The van der Waals surface area contributed by atoms with E-state index in [1.54, 1.807) is 12.4 Å². The molecule has 0 bridgehead atoms. The first-order valence-electron chi connectivity index (χ1n) is 6.91. The molecule has 3 atom stereocenters. The normalized spacial score (nSPS) is 29.2. The van der Waals surface area contributed by atoms with Gasteiger partial charge < -0.3 is 5.11 Å². The Morgan fingerprint density at radius 2 is 1.89 bits per heavy atom. The van der Waals surface area contributed by atoms with Gasteiger partial charge in [0.2, 0.25) is 0 Å². The third-order valence-electron chi connectivity index (χ3n) is 4.23. The minimum Gasteiger partial charge on any atom is -0.393 e. The molecule has 3 nitrogen and oxygen atoms in total. The molecule has 3 unspecified atom stereocenters.